The van der Waals surface area contributed by atoms with Gasteiger partial charge in [0.1, 0.15) is 6.04 Å². The normalized spacial score (nSPS) is 16.2. The lowest BCUT2D eigenvalue weighted by atomic mass is 9.95. The number of anilines is 1. The van der Waals surface area contributed by atoms with Crippen LogP contribution in [0, 0.1) is 0 Å². The van der Waals surface area contributed by atoms with E-state index in [1.807, 2.05) is 49.4 Å². The molecule has 1 unspecified atom stereocenters. The van der Waals surface area contributed by atoms with Gasteiger partial charge in [-0.25, -0.2) is 4.68 Å². The standard InChI is InChI=1S/C19H16ClN5O/c1-11-15(17(21)26)16(12-5-3-2-4-6-12)25-19(22-11)23-18(24-25)13-7-9-14(20)10-8-13/h2-10,16H,1H3,(H2,21,26)(H,22,23,24). The Hall–Kier alpha value is -3.12. The Morgan fingerprint density at radius 2 is 1.85 bits per heavy atom. The molecule has 1 aromatic heterocycles. The largest absolute Gasteiger partial charge is 0.366 e. The molecular weight excluding hydrogens is 350 g/mol. The molecule has 7 heteroatoms. The molecule has 6 nitrogen and oxygen atoms in total. The molecular formula is C19H16ClN5O. The summed E-state index contributed by atoms with van der Waals surface area (Å²) in [5.41, 5.74) is 8.56. The fraction of sp³-hybridized carbons (Fsp3) is 0.105. The van der Waals surface area contributed by atoms with Gasteiger partial charge in [-0.1, -0.05) is 41.9 Å². The Morgan fingerprint density at radius 3 is 2.50 bits per heavy atom. The zero-order chi connectivity index (χ0) is 18.3. The van der Waals surface area contributed by atoms with Crippen LogP contribution in [-0.2, 0) is 4.79 Å². The monoisotopic (exact) mass is 365 g/mol. The van der Waals surface area contributed by atoms with Crippen molar-refractivity contribution < 1.29 is 4.79 Å². The van der Waals surface area contributed by atoms with Crippen LogP contribution in [0.25, 0.3) is 11.4 Å². The van der Waals surface area contributed by atoms with E-state index in [9.17, 15) is 4.79 Å². The van der Waals surface area contributed by atoms with Gasteiger partial charge in [0.05, 0.1) is 5.57 Å². The third-order valence-electron chi connectivity index (χ3n) is 4.34. The minimum absolute atomic E-state index is 0.432. The Kier molecular flexibility index (Phi) is 3.97. The molecule has 3 aromatic rings. The fourth-order valence-electron chi connectivity index (χ4n) is 3.13. The van der Waals surface area contributed by atoms with Crippen molar-refractivity contribution in [1.82, 2.24) is 14.8 Å². The molecule has 1 atom stereocenters. The molecule has 1 amide bonds. The topological polar surface area (TPSA) is 85.8 Å². The van der Waals surface area contributed by atoms with Crippen molar-refractivity contribution in [1.29, 1.82) is 0 Å². The number of nitrogens with zero attached hydrogens (tertiary/aromatic N) is 3. The van der Waals surface area contributed by atoms with Crippen LogP contribution in [-0.4, -0.2) is 20.7 Å². The molecule has 0 radical (unpaired) electrons. The molecule has 0 bridgehead atoms. The number of rotatable bonds is 3. The van der Waals surface area contributed by atoms with Crippen LogP contribution >= 0.6 is 11.6 Å². The Morgan fingerprint density at radius 1 is 1.15 bits per heavy atom. The van der Waals surface area contributed by atoms with Crippen LogP contribution in [0.2, 0.25) is 5.02 Å². The lowest BCUT2D eigenvalue weighted by Crippen LogP contribution is -2.31. The van der Waals surface area contributed by atoms with Gasteiger partial charge in [-0.2, -0.15) is 4.98 Å². The number of hydrogen-bond acceptors (Lipinski definition) is 4. The number of benzene rings is 2. The molecule has 0 fully saturated rings. The highest BCUT2D eigenvalue weighted by atomic mass is 35.5. The maximum atomic E-state index is 12.1. The summed E-state index contributed by atoms with van der Waals surface area (Å²) in [6.07, 6.45) is 0. The summed E-state index contributed by atoms with van der Waals surface area (Å²) in [6, 6.07) is 16.5. The predicted molar refractivity (Wildman–Crippen MR) is 101 cm³/mol. The van der Waals surface area contributed by atoms with Crippen LogP contribution in [0.4, 0.5) is 5.95 Å². The molecule has 130 valence electrons. The fourth-order valence-corrected chi connectivity index (χ4v) is 3.26. The van der Waals surface area contributed by atoms with Crippen molar-refractivity contribution in [2.75, 3.05) is 5.32 Å². The number of carbonyl (C=O) groups is 1. The Bertz CT molecular complexity index is 1010. The van der Waals surface area contributed by atoms with Crippen LogP contribution in [0.1, 0.15) is 18.5 Å². The molecule has 0 spiro atoms. The van der Waals surface area contributed by atoms with Gasteiger partial charge in [0.25, 0.3) is 0 Å². The predicted octanol–water partition coefficient (Wildman–Crippen LogP) is 3.37. The van der Waals surface area contributed by atoms with Crippen molar-refractivity contribution in [2.24, 2.45) is 5.73 Å². The molecule has 1 aliphatic heterocycles. The van der Waals surface area contributed by atoms with Crippen molar-refractivity contribution in [3.63, 3.8) is 0 Å². The summed E-state index contributed by atoms with van der Waals surface area (Å²) < 4.78 is 1.70. The average molecular weight is 366 g/mol. The smallest absolute Gasteiger partial charge is 0.248 e. The maximum absolute atomic E-state index is 12.1. The first-order valence-electron chi connectivity index (χ1n) is 8.09. The molecule has 0 aliphatic carbocycles. The molecule has 3 N–H and O–H groups in total. The first-order chi connectivity index (χ1) is 12.5. The molecule has 1 aliphatic rings. The van der Waals surface area contributed by atoms with Gasteiger partial charge in [0.15, 0.2) is 5.82 Å². The van der Waals surface area contributed by atoms with E-state index in [1.165, 1.54) is 0 Å². The first kappa shape index (κ1) is 16.4. The van der Waals surface area contributed by atoms with Gasteiger partial charge in [0.2, 0.25) is 11.9 Å². The third kappa shape index (κ3) is 2.74. The summed E-state index contributed by atoms with van der Waals surface area (Å²) in [7, 11) is 0. The van der Waals surface area contributed by atoms with E-state index in [4.69, 9.17) is 17.3 Å². The number of allylic oxidation sites excluding steroid dienone is 1. The summed E-state index contributed by atoms with van der Waals surface area (Å²) in [4.78, 5) is 16.7. The van der Waals surface area contributed by atoms with Gasteiger partial charge >= 0.3 is 0 Å². The second kappa shape index (κ2) is 6.31. The number of carbonyl (C=O) groups excluding carboxylic acids is 1. The minimum atomic E-state index is -0.488. The van der Waals surface area contributed by atoms with Gasteiger partial charge in [0, 0.05) is 16.3 Å². The van der Waals surface area contributed by atoms with E-state index in [-0.39, 0.29) is 0 Å². The zero-order valence-electron chi connectivity index (χ0n) is 14.0. The van der Waals surface area contributed by atoms with Gasteiger partial charge < -0.3 is 11.1 Å². The van der Waals surface area contributed by atoms with Crippen LogP contribution < -0.4 is 11.1 Å². The number of hydrogen-bond donors (Lipinski definition) is 2. The quantitative estimate of drug-likeness (QED) is 0.745. The molecule has 0 saturated heterocycles. The van der Waals surface area contributed by atoms with Crippen LogP contribution in [0.5, 0.6) is 0 Å². The maximum Gasteiger partial charge on any atom is 0.248 e. The highest BCUT2D eigenvalue weighted by Gasteiger charge is 2.33. The van der Waals surface area contributed by atoms with Crippen molar-refractivity contribution >= 4 is 23.5 Å². The average Bonchev–Trinajstić information content (AvgIpc) is 3.05. The van der Waals surface area contributed by atoms with Crippen molar-refractivity contribution in [3.05, 3.63) is 76.5 Å². The van der Waals surface area contributed by atoms with Crippen molar-refractivity contribution in [3.8, 4) is 11.4 Å². The van der Waals surface area contributed by atoms with Crippen molar-refractivity contribution in [2.45, 2.75) is 13.0 Å². The van der Waals surface area contributed by atoms with E-state index >= 15 is 0 Å². The molecule has 4 rings (SSSR count). The van der Waals surface area contributed by atoms with E-state index in [0.717, 1.165) is 11.1 Å². The molecule has 26 heavy (non-hydrogen) atoms. The number of primary amides is 1. The Labute approximate surface area is 155 Å². The number of aromatic nitrogens is 3. The number of nitrogens with two attached hydrogens (primary N) is 1. The first-order valence-corrected chi connectivity index (χ1v) is 8.47. The summed E-state index contributed by atoms with van der Waals surface area (Å²) in [5, 5.41) is 8.41. The summed E-state index contributed by atoms with van der Waals surface area (Å²) in [5.74, 6) is 0.618. The van der Waals surface area contributed by atoms with E-state index in [1.54, 1.807) is 16.8 Å². The number of fused-ring (bicyclic) bond motifs is 1. The third-order valence-corrected chi connectivity index (χ3v) is 4.59. The van der Waals surface area contributed by atoms with E-state index in [0.29, 0.717) is 28.1 Å². The van der Waals surface area contributed by atoms with Crippen LogP contribution in [0.15, 0.2) is 65.9 Å². The lowest BCUT2D eigenvalue weighted by molar-refractivity contribution is -0.115. The van der Waals surface area contributed by atoms with E-state index < -0.39 is 11.9 Å². The summed E-state index contributed by atoms with van der Waals surface area (Å²) in [6.45, 7) is 1.82. The molecule has 0 saturated carbocycles. The Balaban J connectivity index is 1.87. The van der Waals surface area contributed by atoms with Gasteiger partial charge in [-0.3, -0.25) is 4.79 Å². The molecule has 2 heterocycles. The SMILES string of the molecule is CC1=C(C(N)=O)C(c2ccccc2)n2nc(-c3ccc(Cl)cc3)nc2N1. The zero-order valence-corrected chi connectivity index (χ0v) is 14.7. The minimum Gasteiger partial charge on any atom is -0.366 e. The molecule has 2 aromatic carbocycles. The van der Waals surface area contributed by atoms with E-state index in [2.05, 4.69) is 15.4 Å². The summed E-state index contributed by atoms with van der Waals surface area (Å²) >= 11 is 5.96. The highest BCUT2D eigenvalue weighted by molar-refractivity contribution is 6.30. The van der Waals surface area contributed by atoms with Gasteiger partial charge in [-0.05, 0) is 36.8 Å². The van der Waals surface area contributed by atoms with Gasteiger partial charge in [-0.15, -0.1) is 5.10 Å². The highest BCUT2D eigenvalue weighted by Crippen LogP contribution is 2.35. The number of amides is 1. The second-order valence-electron chi connectivity index (χ2n) is 6.05. The second-order valence-corrected chi connectivity index (χ2v) is 6.49. The number of halogens is 1. The van der Waals surface area contributed by atoms with Crippen LogP contribution in [0.3, 0.4) is 0 Å². The number of nitrogens with one attached hydrogen (secondary N) is 1. The lowest BCUT2D eigenvalue weighted by Gasteiger charge is -2.27.